The number of hydrogen-bond donors (Lipinski definition) is 1. The minimum absolute atomic E-state index is 0.0742. The average Bonchev–Trinajstić information content (AvgIpc) is 3.22. The number of amides is 1. The fourth-order valence-electron chi connectivity index (χ4n) is 3.36. The van der Waals surface area contributed by atoms with Gasteiger partial charge in [-0.25, -0.2) is 9.97 Å². The summed E-state index contributed by atoms with van der Waals surface area (Å²) in [6.45, 7) is 6.59. The Morgan fingerprint density at radius 1 is 1.13 bits per heavy atom. The van der Waals surface area contributed by atoms with Crippen molar-refractivity contribution in [2.75, 3.05) is 38.1 Å². The molecular formula is C23H27N5OS2. The van der Waals surface area contributed by atoms with Gasteiger partial charge in [0, 0.05) is 60.5 Å². The van der Waals surface area contributed by atoms with Crippen LogP contribution < -0.4 is 10.2 Å². The summed E-state index contributed by atoms with van der Waals surface area (Å²) >= 11 is 3.40. The molecule has 162 valence electrons. The second-order valence-electron chi connectivity index (χ2n) is 7.67. The lowest BCUT2D eigenvalue weighted by molar-refractivity contribution is 0.0951. The summed E-state index contributed by atoms with van der Waals surface area (Å²) in [5.74, 6) is 1.77. The van der Waals surface area contributed by atoms with E-state index in [9.17, 15) is 4.79 Å². The molecule has 6 nitrogen and oxygen atoms in total. The Kier molecular flexibility index (Phi) is 7.21. The third-order valence-electron chi connectivity index (χ3n) is 5.26. The number of thiazole rings is 1. The molecule has 0 bridgehead atoms. The van der Waals surface area contributed by atoms with Crippen LogP contribution in [-0.2, 0) is 12.3 Å². The van der Waals surface area contributed by atoms with Gasteiger partial charge in [-0.3, -0.25) is 4.79 Å². The van der Waals surface area contributed by atoms with Crippen molar-refractivity contribution in [3.63, 3.8) is 0 Å². The van der Waals surface area contributed by atoms with Gasteiger partial charge in [0.2, 0.25) is 0 Å². The molecule has 1 aromatic carbocycles. The van der Waals surface area contributed by atoms with E-state index in [1.54, 1.807) is 23.1 Å². The first-order valence-corrected chi connectivity index (χ1v) is 12.2. The van der Waals surface area contributed by atoms with E-state index >= 15 is 0 Å². The maximum atomic E-state index is 12.5. The third-order valence-corrected chi connectivity index (χ3v) is 7.13. The molecule has 0 unspecified atom stereocenters. The number of rotatable bonds is 7. The zero-order chi connectivity index (χ0) is 21.6. The van der Waals surface area contributed by atoms with Crippen molar-refractivity contribution < 1.29 is 4.79 Å². The Morgan fingerprint density at radius 3 is 2.55 bits per heavy atom. The van der Waals surface area contributed by atoms with Gasteiger partial charge in [0.15, 0.2) is 0 Å². The highest BCUT2D eigenvalue weighted by molar-refractivity contribution is 7.98. The van der Waals surface area contributed by atoms with Gasteiger partial charge < -0.3 is 15.1 Å². The highest BCUT2D eigenvalue weighted by atomic mass is 32.2. The van der Waals surface area contributed by atoms with Gasteiger partial charge in [-0.2, -0.15) is 0 Å². The van der Waals surface area contributed by atoms with Crippen LogP contribution in [0, 0.1) is 6.92 Å². The molecule has 31 heavy (non-hydrogen) atoms. The number of hydrogen-bond acceptors (Lipinski definition) is 7. The molecule has 1 saturated heterocycles. The molecule has 0 spiro atoms. The van der Waals surface area contributed by atoms with Crippen LogP contribution in [0.3, 0.4) is 0 Å². The molecule has 0 atom stereocenters. The Morgan fingerprint density at radius 2 is 1.90 bits per heavy atom. The Balaban J connectivity index is 1.25. The molecule has 1 aliphatic heterocycles. The first-order chi connectivity index (χ1) is 15.1. The van der Waals surface area contributed by atoms with Crippen molar-refractivity contribution in [2.24, 2.45) is 0 Å². The number of benzene rings is 1. The number of aryl methyl sites for hydroxylation is 1. The molecule has 0 aliphatic carbocycles. The normalized spacial score (nSPS) is 14.6. The lowest BCUT2D eigenvalue weighted by Gasteiger charge is -2.33. The van der Waals surface area contributed by atoms with E-state index in [-0.39, 0.29) is 5.91 Å². The number of nitrogens with one attached hydrogen (secondary N) is 1. The van der Waals surface area contributed by atoms with Crippen LogP contribution in [0.1, 0.15) is 26.6 Å². The van der Waals surface area contributed by atoms with E-state index in [1.807, 2.05) is 49.5 Å². The largest absolute Gasteiger partial charge is 0.354 e. The lowest BCUT2D eigenvalue weighted by Crippen LogP contribution is -2.44. The number of anilines is 1. The van der Waals surface area contributed by atoms with Crippen molar-refractivity contribution in [1.29, 1.82) is 0 Å². The van der Waals surface area contributed by atoms with E-state index in [1.165, 1.54) is 0 Å². The highest BCUT2D eigenvalue weighted by Gasteiger charge is 2.15. The Bertz CT molecular complexity index is 996. The van der Waals surface area contributed by atoms with Crippen LogP contribution in [0.4, 0.5) is 5.82 Å². The quantitative estimate of drug-likeness (QED) is 0.549. The molecule has 0 saturated carbocycles. The number of piperazine rings is 1. The molecule has 8 heteroatoms. The van der Waals surface area contributed by atoms with E-state index < -0.39 is 0 Å². The molecule has 3 heterocycles. The van der Waals surface area contributed by atoms with Crippen molar-refractivity contribution in [1.82, 2.24) is 20.2 Å². The van der Waals surface area contributed by atoms with Gasteiger partial charge in [0.25, 0.3) is 5.91 Å². The number of carbonyl (C=O) groups excluding carboxylic acids is 1. The van der Waals surface area contributed by atoms with Crippen molar-refractivity contribution in [2.45, 2.75) is 24.1 Å². The number of pyridine rings is 1. The Labute approximate surface area is 191 Å². The highest BCUT2D eigenvalue weighted by Crippen LogP contribution is 2.24. The van der Waals surface area contributed by atoms with E-state index in [0.29, 0.717) is 12.1 Å². The maximum absolute atomic E-state index is 12.5. The SMILES string of the molecule is Cc1nc(CSc2ccc(C(=O)NCc3ccc(N4CCN(C)CC4)nc3)cc2)cs1. The summed E-state index contributed by atoms with van der Waals surface area (Å²) in [5, 5.41) is 6.17. The number of nitrogens with zero attached hydrogens (tertiary/aromatic N) is 4. The van der Waals surface area contributed by atoms with Crippen LogP contribution in [0.25, 0.3) is 0 Å². The van der Waals surface area contributed by atoms with Gasteiger partial charge in [0.05, 0.1) is 10.7 Å². The number of likely N-dealkylation sites (N-methyl/N-ethyl adjacent to an activating group) is 1. The van der Waals surface area contributed by atoms with E-state index in [4.69, 9.17) is 0 Å². The molecule has 1 amide bonds. The molecule has 3 aromatic rings. The Hall–Kier alpha value is -2.42. The summed E-state index contributed by atoms with van der Waals surface area (Å²) in [6.07, 6.45) is 1.86. The minimum atomic E-state index is -0.0742. The van der Waals surface area contributed by atoms with Crippen LogP contribution in [0.5, 0.6) is 0 Å². The molecule has 0 radical (unpaired) electrons. The molecular weight excluding hydrogens is 426 g/mol. The predicted molar refractivity (Wildman–Crippen MR) is 128 cm³/mol. The van der Waals surface area contributed by atoms with Crippen LogP contribution >= 0.6 is 23.1 Å². The van der Waals surface area contributed by atoms with Gasteiger partial charge in [-0.05, 0) is 49.9 Å². The molecule has 2 aromatic heterocycles. The van der Waals surface area contributed by atoms with Crippen molar-refractivity contribution in [3.05, 3.63) is 69.8 Å². The summed E-state index contributed by atoms with van der Waals surface area (Å²) in [7, 11) is 2.15. The fourth-order valence-corrected chi connectivity index (χ4v) is 4.87. The lowest BCUT2D eigenvalue weighted by atomic mass is 10.2. The zero-order valence-corrected chi connectivity index (χ0v) is 19.5. The van der Waals surface area contributed by atoms with Crippen molar-refractivity contribution in [3.8, 4) is 0 Å². The summed E-state index contributed by atoms with van der Waals surface area (Å²) in [5.41, 5.74) is 2.76. The summed E-state index contributed by atoms with van der Waals surface area (Å²) in [4.78, 5) is 27.3. The summed E-state index contributed by atoms with van der Waals surface area (Å²) in [6, 6.07) is 11.8. The number of aromatic nitrogens is 2. The standard InChI is InChI=1S/C23H27N5OS2/c1-17-26-20(15-30-17)16-31-21-6-4-19(5-7-21)23(29)25-14-18-3-8-22(24-13-18)28-11-9-27(2)10-12-28/h3-8,13,15H,9-12,14,16H2,1-2H3,(H,25,29). The second-order valence-corrected chi connectivity index (χ2v) is 9.78. The fraction of sp³-hybridized carbons (Fsp3) is 0.348. The van der Waals surface area contributed by atoms with Gasteiger partial charge in [-0.1, -0.05) is 6.07 Å². The van der Waals surface area contributed by atoms with E-state index in [2.05, 4.69) is 37.5 Å². The molecule has 4 rings (SSSR count). The van der Waals surface area contributed by atoms with Crippen LogP contribution in [0.15, 0.2) is 52.9 Å². The number of thioether (sulfide) groups is 1. The first-order valence-electron chi connectivity index (χ1n) is 10.4. The second kappa shape index (κ2) is 10.3. The topological polar surface area (TPSA) is 61.4 Å². The molecule has 1 fully saturated rings. The predicted octanol–water partition coefficient (Wildman–Crippen LogP) is 3.82. The summed E-state index contributed by atoms with van der Waals surface area (Å²) < 4.78 is 0. The van der Waals surface area contributed by atoms with E-state index in [0.717, 1.165) is 58.9 Å². The van der Waals surface area contributed by atoms with Gasteiger partial charge in [-0.15, -0.1) is 23.1 Å². The molecule has 1 aliphatic rings. The minimum Gasteiger partial charge on any atom is -0.354 e. The van der Waals surface area contributed by atoms with Crippen LogP contribution in [-0.4, -0.2) is 54.0 Å². The third kappa shape index (κ3) is 6.06. The van der Waals surface area contributed by atoms with Crippen LogP contribution in [0.2, 0.25) is 0 Å². The van der Waals surface area contributed by atoms with Crippen molar-refractivity contribution >= 4 is 34.8 Å². The first kappa shape index (κ1) is 21.8. The van der Waals surface area contributed by atoms with Gasteiger partial charge >= 0.3 is 0 Å². The maximum Gasteiger partial charge on any atom is 0.251 e. The smallest absolute Gasteiger partial charge is 0.251 e. The molecule has 1 N–H and O–H groups in total. The zero-order valence-electron chi connectivity index (χ0n) is 17.9. The average molecular weight is 454 g/mol. The monoisotopic (exact) mass is 453 g/mol. The number of carbonyl (C=O) groups is 1. The van der Waals surface area contributed by atoms with Gasteiger partial charge in [0.1, 0.15) is 5.82 Å².